The molecule has 0 unspecified atom stereocenters. The van der Waals surface area contributed by atoms with Gasteiger partial charge in [-0.2, -0.15) is 0 Å². The fourth-order valence-electron chi connectivity index (χ4n) is 5.56. The molecule has 0 bridgehead atoms. The standard InChI is InChI=1S/C24H42O21/c25-1-5(29)16-11(33)13(35)23(42-16)40-8(4-28)18-14(36)20(45-22-12(34)10(32)9(31)7(3-27)39-22)24(43-18)44-19-15(37)21(38)41-17(19)6(30)2-26/h5-38H,1-4H2/t5-,6-,7-,8-,9-,10+,11-,12-,13-,14+,15-,16+,17+,18+,19-,20-,21-,22-,23-,24+/m1/s1. The molecule has 0 aliphatic carbocycles. The molecule has 14 N–H and O–H groups in total. The topological polar surface area (TPSA) is 348 Å². The summed E-state index contributed by atoms with van der Waals surface area (Å²) in [7, 11) is 0. The summed E-state index contributed by atoms with van der Waals surface area (Å²) in [5.74, 6) is 0. The van der Waals surface area contributed by atoms with Gasteiger partial charge in [-0.25, -0.2) is 0 Å². The molecule has 21 nitrogen and oxygen atoms in total. The SMILES string of the molecule is OC[C@@H](O)[C@@H]1O[C@@H](O[C@H](CO)[C@@H]2O[C@@H](O[C@@H]3[C@@H](O)[C@H](O)O[C@H]3[C@H](O)CO)[C@H](O[C@H]3O[C@H](CO)[C@@H](O)[C@H](O)[C@H]3O)[C@H]2O)[C@H](O)[C@H]1O. The second kappa shape index (κ2) is 15.6. The Kier molecular flexibility index (Phi) is 12.8. The van der Waals surface area contributed by atoms with Crippen LogP contribution in [-0.4, -0.2) is 221 Å². The Hall–Kier alpha value is -0.840. The maximum atomic E-state index is 11.3. The molecule has 0 radical (unpaired) electrons. The Morgan fingerprint density at radius 1 is 0.489 bits per heavy atom. The van der Waals surface area contributed by atoms with E-state index >= 15 is 0 Å². The molecule has 4 heterocycles. The molecule has 264 valence electrons. The Labute approximate surface area is 254 Å². The first-order valence-electron chi connectivity index (χ1n) is 14.1. The lowest BCUT2D eigenvalue weighted by atomic mass is 9.99. The average molecular weight is 667 g/mol. The first kappa shape index (κ1) is 37.0. The van der Waals surface area contributed by atoms with E-state index in [9.17, 15) is 71.5 Å². The monoisotopic (exact) mass is 666 g/mol. The van der Waals surface area contributed by atoms with Crippen LogP contribution in [0.4, 0.5) is 0 Å². The highest BCUT2D eigenvalue weighted by Crippen LogP contribution is 2.36. The highest BCUT2D eigenvalue weighted by molar-refractivity contribution is 4.99. The smallest absolute Gasteiger partial charge is 0.187 e. The molecule has 0 aromatic rings. The summed E-state index contributed by atoms with van der Waals surface area (Å²) in [6.07, 6.45) is -35.0. The van der Waals surface area contributed by atoms with Gasteiger partial charge >= 0.3 is 0 Å². The van der Waals surface area contributed by atoms with Crippen molar-refractivity contribution in [3.05, 3.63) is 0 Å². The van der Waals surface area contributed by atoms with Crippen molar-refractivity contribution < 1.29 is 105 Å². The second-order valence-electron chi connectivity index (χ2n) is 11.1. The van der Waals surface area contributed by atoms with Crippen molar-refractivity contribution in [2.75, 3.05) is 26.4 Å². The van der Waals surface area contributed by atoms with Crippen molar-refractivity contribution in [3.63, 3.8) is 0 Å². The third-order valence-electron chi connectivity index (χ3n) is 8.16. The van der Waals surface area contributed by atoms with E-state index in [1.165, 1.54) is 0 Å². The molecule has 4 saturated heterocycles. The van der Waals surface area contributed by atoms with Crippen LogP contribution in [-0.2, 0) is 33.2 Å². The Morgan fingerprint density at radius 3 is 1.67 bits per heavy atom. The van der Waals surface area contributed by atoms with Gasteiger partial charge in [-0.1, -0.05) is 0 Å². The van der Waals surface area contributed by atoms with Crippen molar-refractivity contribution in [3.8, 4) is 0 Å². The lowest BCUT2D eigenvalue weighted by Crippen LogP contribution is -2.60. The van der Waals surface area contributed by atoms with Crippen LogP contribution in [0.2, 0.25) is 0 Å². The molecule has 0 saturated carbocycles. The summed E-state index contributed by atoms with van der Waals surface area (Å²) in [5.41, 5.74) is 0. The van der Waals surface area contributed by atoms with Crippen LogP contribution in [0.25, 0.3) is 0 Å². The molecule has 0 aromatic carbocycles. The normalized spacial score (nSPS) is 49.3. The first-order chi connectivity index (χ1) is 21.3. The minimum absolute atomic E-state index is 0.830. The molecule has 0 spiro atoms. The number of aliphatic hydroxyl groups is 14. The van der Waals surface area contributed by atoms with E-state index in [-0.39, 0.29) is 0 Å². The Morgan fingerprint density at radius 2 is 1.07 bits per heavy atom. The fourth-order valence-corrected chi connectivity index (χ4v) is 5.56. The predicted octanol–water partition coefficient (Wildman–Crippen LogP) is -9.75. The van der Waals surface area contributed by atoms with E-state index in [4.69, 9.17) is 33.2 Å². The molecule has 45 heavy (non-hydrogen) atoms. The molecule has 21 heteroatoms. The molecular formula is C24H42O21. The van der Waals surface area contributed by atoms with Crippen LogP contribution >= 0.6 is 0 Å². The largest absolute Gasteiger partial charge is 0.394 e. The molecule has 4 fully saturated rings. The molecule has 0 amide bonds. The number of hydrogen-bond donors (Lipinski definition) is 14. The summed E-state index contributed by atoms with van der Waals surface area (Å²) < 4.78 is 38.3. The summed E-state index contributed by atoms with van der Waals surface area (Å²) >= 11 is 0. The minimum atomic E-state index is -1.97. The number of aliphatic hydroxyl groups excluding tert-OH is 14. The zero-order chi connectivity index (χ0) is 33.3. The van der Waals surface area contributed by atoms with Crippen LogP contribution in [0, 0.1) is 0 Å². The second-order valence-corrected chi connectivity index (χ2v) is 11.1. The van der Waals surface area contributed by atoms with E-state index in [0.717, 1.165) is 0 Å². The highest BCUT2D eigenvalue weighted by atomic mass is 16.8. The molecule has 20 atom stereocenters. The van der Waals surface area contributed by atoms with Crippen LogP contribution < -0.4 is 0 Å². The van der Waals surface area contributed by atoms with E-state index in [1.807, 2.05) is 0 Å². The van der Waals surface area contributed by atoms with Crippen LogP contribution in [0.15, 0.2) is 0 Å². The van der Waals surface area contributed by atoms with Gasteiger partial charge in [0, 0.05) is 0 Å². The van der Waals surface area contributed by atoms with Crippen LogP contribution in [0.3, 0.4) is 0 Å². The van der Waals surface area contributed by atoms with E-state index < -0.39 is 149 Å². The maximum Gasteiger partial charge on any atom is 0.187 e. The van der Waals surface area contributed by atoms with Gasteiger partial charge in [0.1, 0.15) is 97.7 Å². The lowest BCUT2D eigenvalue weighted by Gasteiger charge is -2.41. The molecule has 4 rings (SSSR count). The van der Waals surface area contributed by atoms with Crippen molar-refractivity contribution in [2.45, 2.75) is 123 Å². The molecular weight excluding hydrogens is 624 g/mol. The Bertz CT molecular complexity index is 916. The number of ether oxygens (including phenoxy) is 7. The van der Waals surface area contributed by atoms with E-state index in [0.29, 0.717) is 0 Å². The van der Waals surface area contributed by atoms with Gasteiger partial charge in [0.25, 0.3) is 0 Å². The summed E-state index contributed by atoms with van der Waals surface area (Å²) in [4.78, 5) is 0. The van der Waals surface area contributed by atoms with Crippen LogP contribution in [0.1, 0.15) is 0 Å². The van der Waals surface area contributed by atoms with Gasteiger partial charge in [-0.3, -0.25) is 0 Å². The third-order valence-corrected chi connectivity index (χ3v) is 8.16. The third kappa shape index (κ3) is 7.44. The Balaban J connectivity index is 1.58. The van der Waals surface area contributed by atoms with Gasteiger partial charge in [0.2, 0.25) is 0 Å². The molecule has 4 aliphatic rings. The minimum Gasteiger partial charge on any atom is -0.394 e. The lowest BCUT2D eigenvalue weighted by molar-refractivity contribution is -0.330. The summed E-state index contributed by atoms with van der Waals surface area (Å²) in [6.45, 7) is -3.53. The first-order valence-corrected chi connectivity index (χ1v) is 14.1. The zero-order valence-electron chi connectivity index (χ0n) is 23.5. The van der Waals surface area contributed by atoms with Crippen molar-refractivity contribution in [1.29, 1.82) is 0 Å². The quantitative estimate of drug-likeness (QED) is 0.0867. The van der Waals surface area contributed by atoms with Gasteiger partial charge in [-0.05, 0) is 0 Å². The summed E-state index contributed by atoms with van der Waals surface area (Å²) in [5, 5.41) is 141. The molecule has 0 aromatic heterocycles. The van der Waals surface area contributed by atoms with Crippen LogP contribution in [0.5, 0.6) is 0 Å². The van der Waals surface area contributed by atoms with Gasteiger partial charge in [0.15, 0.2) is 25.2 Å². The van der Waals surface area contributed by atoms with Crippen molar-refractivity contribution in [1.82, 2.24) is 0 Å². The number of rotatable bonds is 13. The number of hydrogen-bond acceptors (Lipinski definition) is 21. The fraction of sp³-hybridized carbons (Fsp3) is 1.00. The summed E-state index contributed by atoms with van der Waals surface area (Å²) in [6, 6.07) is 0. The van der Waals surface area contributed by atoms with Crippen molar-refractivity contribution >= 4 is 0 Å². The highest BCUT2D eigenvalue weighted by Gasteiger charge is 2.57. The van der Waals surface area contributed by atoms with Gasteiger partial charge < -0.3 is 105 Å². The maximum absolute atomic E-state index is 11.3. The average Bonchev–Trinajstić information content (AvgIpc) is 3.60. The molecule has 4 aliphatic heterocycles. The zero-order valence-corrected chi connectivity index (χ0v) is 23.5. The van der Waals surface area contributed by atoms with Crippen molar-refractivity contribution in [2.24, 2.45) is 0 Å². The van der Waals surface area contributed by atoms with E-state index in [2.05, 4.69) is 0 Å². The van der Waals surface area contributed by atoms with Gasteiger partial charge in [-0.15, -0.1) is 0 Å². The van der Waals surface area contributed by atoms with E-state index in [1.54, 1.807) is 0 Å². The van der Waals surface area contributed by atoms with Gasteiger partial charge in [0.05, 0.1) is 26.4 Å². The predicted molar refractivity (Wildman–Crippen MR) is 134 cm³/mol.